The SMILES string of the molecule is CCCCCC1CCC(c2ccc(-c3ccc(OCCCCCCOC)c(F)c3F)cc2)CC1. The summed E-state index contributed by atoms with van der Waals surface area (Å²) in [7, 11) is 1.69. The maximum Gasteiger partial charge on any atom is 0.201 e. The average molecular weight is 473 g/mol. The third-order valence-corrected chi connectivity index (χ3v) is 7.30. The van der Waals surface area contributed by atoms with Gasteiger partial charge in [-0.3, -0.25) is 0 Å². The summed E-state index contributed by atoms with van der Waals surface area (Å²) in [5.74, 6) is -0.274. The Hall–Kier alpha value is -1.94. The monoisotopic (exact) mass is 472 g/mol. The molecule has 188 valence electrons. The summed E-state index contributed by atoms with van der Waals surface area (Å²) >= 11 is 0. The van der Waals surface area contributed by atoms with Crippen LogP contribution in [0.2, 0.25) is 0 Å². The van der Waals surface area contributed by atoms with Gasteiger partial charge in [-0.2, -0.15) is 4.39 Å². The van der Waals surface area contributed by atoms with Gasteiger partial charge in [0.25, 0.3) is 0 Å². The number of hydrogen-bond acceptors (Lipinski definition) is 2. The standard InChI is InChI=1S/C30H42F2O2/c1-3-4-7-10-23-11-13-24(14-12-23)25-15-17-26(18-16-25)27-19-20-28(30(32)29(27)31)34-22-9-6-5-8-21-33-2/h15-20,23-24H,3-14,21-22H2,1-2H3. The molecule has 0 amide bonds. The highest BCUT2D eigenvalue weighted by molar-refractivity contribution is 5.65. The van der Waals surface area contributed by atoms with Gasteiger partial charge in [0.05, 0.1) is 6.61 Å². The van der Waals surface area contributed by atoms with Crippen LogP contribution in [-0.2, 0) is 4.74 Å². The first-order chi connectivity index (χ1) is 16.6. The van der Waals surface area contributed by atoms with E-state index >= 15 is 0 Å². The van der Waals surface area contributed by atoms with Crippen LogP contribution >= 0.6 is 0 Å². The van der Waals surface area contributed by atoms with E-state index in [4.69, 9.17) is 9.47 Å². The number of halogens is 2. The number of rotatable bonds is 14. The maximum atomic E-state index is 14.8. The Balaban J connectivity index is 1.51. The van der Waals surface area contributed by atoms with Crippen molar-refractivity contribution in [2.75, 3.05) is 20.3 Å². The molecule has 1 aliphatic carbocycles. The lowest BCUT2D eigenvalue weighted by molar-refractivity contribution is 0.190. The first-order valence-electron chi connectivity index (χ1n) is 13.3. The zero-order chi connectivity index (χ0) is 24.2. The van der Waals surface area contributed by atoms with E-state index in [0.717, 1.165) is 38.2 Å². The fourth-order valence-electron chi connectivity index (χ4n) is 5.15. The third kappa shape index (κ3) is 7.80. The van der Waals surface area contributed by atoms with E-state index in [1.54, 1.807) is 19.2 Å². The van der Waals surface area contributed by atoms with E-state index < -0.39 is 11.6 Å². The zero-order valence-electron chi connectivity index (χ0n) is 21.1. The maximum absolute atomic E-state index is 14.8. The van der Waals surface area contributed by atoms with Crippen LogP contribution in [0.4, 0.5) is 8.78 Å². The van der Waals surface area contributed by atoms with Gasteiger partial charge in [0.15, 0.2) is 11.6 Å². The molecule has 3 rings (SSSR count). The van der Waals surface area contributed by atoms with Crippen molar-refractivity contribution in [1.29, 1.82) is 0 Å². The van der Waals surface area contributed by atoms with Gasteiger partial charge in [-0.25, -0.2) is 4.39 Å². The van der Waals surface area contributed by atoms with Crippen molar-refractivity contribution < 1.29 is 18.3 Å². The van der Waals surface area contributed by atoms with Crippen LogP contribution in [0.1, 0.15) is 95.5 Å². The molecule has 2 aromatic rings. The summed E-state index contributed by atoms with van der Waals surface area (Å²) in [5, 5.41) is 0. The van der Waals surface area contributed by atoms with Crippen LogP contribution in [0.5, 0.6) is 5.75 Å². The normalized spacial score (nSPS) is 18.2. The van der Waals surface area contributed by atoms with Gasteiger partial charge in [0.2, 0.25) is 5.82 Å². The number of methoxy groups -OCH3 is 1. The Labute approximate surface area is 205 Å². The average Bonchev–Trinajstić information content (AvgIpc) is 2.87. The quantitative estimate of drug-likeness (QED) is 0.255. The summed E-state index contributed by atoms with van der Waals surface area (Å²) in [6.45, 7) is 3.40. The van der Waals surface area contributed by atoms with Crippen LogP contribution < -0.4 is 4.74 Å². The van der Waals surface area contributed by atoms with Crippen molar-refractivity contribution in [2.45, 2.75) is 89.9 Å². The largest absolute Gasteiger partial charge is 0.490 e. The predicted octanol–water partition coefficient (Wildman–Crippen LogP) is 9.07. The topological polar surface area (TPSA) is 18.5 Å². The van der Waals surface area contributed by atoms with E-state index in [1.807, 2.05) is 12.1 Å². The fraction of sp³-hybridized carbons (Fsp3) is 0.600. The minimum Gasteiger partial charge on any atom is -0.490 e. The number of ether oxygens (including phenoxy) is 2. The van der Waals surface area contributed by atoms with Gasteiger partial charge in [0.1, 0.15) is 0 Å². The van der Waals surface area contributed by atoms with Crippen molar-refractivity contribution in [3.63, 3.8) is 0 Å². The molecule has 0 aliphatic heterocycles. The van der Waals surface area contributed by atoms with Crippen molar-refractivity contribution in [1.82, 2.24) is 0 Å². The summed E-state index contributed by atoms with van der Waals surface area (Å²) in [6.07, 6.45) is 14.3. The lowest BCUT2D eigenvalue weighted by Crippen LogP contribution is -2.13. The predicted molar refractivity (Wildman–Crippen MR) is 136 cm³/mol. The molecule has 0 saturated heterocycles. The van der Waals surface area contributed by atoms with Crippen molar-refractivity contribution in [2.24, 2.45) is 5.92 Å². The molecule has 2 aromatic carbocycles. The van der Waals surface area contributed by atoms with Gasteiger partial charge in [-0.05, 0) is 80.0 Å². The lowest BCUT2D eigenvalue weighted by atomic mass is 9.77. The second-order valence-electron chi connectivity index (χ2n) is 9.83. The van der Waals surface area contributed by atoms with Crippen LogP contribution in [0.3, 0.4) is 0 Å². The van der Waals surface area contributed by atoms with Crippen molar-refractivity contribution in [3.05, 3.63) is 53.6 Å². The molecule has 0 heterocycles. The van der Waals surface area contributed by atoms with E-state index in [9.17, 15) is 8.78 Å². The molecule has 0 unspecified atom stereocenters. The number of unbranched alkanes of at least 4 members (excludes halogenated alkanes) is 5. The van der Waals surface area contributed by atoms with Crippen molar-refractivity contribution >= 4 is 0 Å². The minimum absolute atomic E-state index is 0.00883. The third-order valence-electron chi connectivity index (χ3n) is 7.30. The molecule has 0 atom stereocenters. The summed E-state index contributed by atoms with van der Waals surface area (Å²) in [4.78, 5) is 0. The number of benzene rings is 2. The Morgan fingerprint density at radius 3 is 2.15 bits per heavy atom. The molecule has 1 fully saturated rings. The van der Waals surface area contributed by atoms with Crippen LogP contribution in [0, 0.1) is 17.6 Å². The smallest absolute Gasteiger partial charge is 0.201 e. The first kappa shape index (κ1) is 26.7. The van der Waals surface area contributed by atoms with Gasteiger partial charge in [0, 0.05) is 19.3 Å². The Morgan fingerprint density at radius 1 is 0.765 bits per heavy atom. The van der Waals surface area contributed by atoms with Crippen LogP contribution in [0.25, 0.3) is 11.1 Å². The summed E-state index contributed by atoms with van der Waals surface area (Å²) in [5.41, 5.74) is 2.32. The molecule has 0 spiro atoms. The molecule has 0 N–H and O–H groups in total. The number of hydrogen-bond donors (Lipinski definition) is 0. The summed E-state index contributed by atoms with van der Waals surface area (Å²) < 4.78 is 40.0. The van der Waals surface area contributed by atoms with Gasteiger partial charge in [-0.15, -0.1) is 0 Å². The lowest BCUT2D eigenvalue weighted by Gasteiger charge is -2.29. The molecule has 34 heavy (non-hydrogen) atoms. The van der Waals surface area contributed by atoms with E-state index in [0.29, 0.717) is 18.1 Å². The highest BCUT2D eigenvalue weighted by Gasteiger charge is 2.22. The van der Waals surface area contributed by atoms with Crippen LogP contribution in [-0.4, -0.2) is 20.3 Å². The fourth-order valence-corrected chi connectivity index (χ4v) is 5.15. The highest BCUT2D eigenvalue weighted by atomic mass is 19.2. The van der Waals surface area contributed by atoms with Gasteiger partial charge < -0.3 is 9.47 Å². The minimum atomic E-state index is -0.901. The van der Waals surface area contributed by atoms with Crippen LogP contribution in [0.15, 0.2) is 36.4 Å². The zero-order valence-corrected chi connectivity index (χ0v) is 21.1. The molecule has 2 nitrogen and oxygen atoms in total. The van der Waals surface area contributed by atoms with Gasteiger partial charge in [-0.1, -0.05) is 63.3 Å². The Morgan fingerprint density at radius 2 is 1.47 bits per heavy atom. The molecular weight excluding hydrogens is 430 g/mol. The van der Waals surface area contributed by atoms with E-state index in [1.165, 1.54) is 56.9 Å². The molecular formula is C30H42F2O2. The Bertz CT molecular complexity index is 842. The van der Waals surface area contributed by atoms with Gasteiger partial charge >= 0.3 is 0 Å². The Kier molecular flexibility index (Phi) is 11.3. The first-order valence-corrected chi connectivity index (χ1v) is 13.3. The van der Waals surface area contributed by atoms with E-state index in [2.05, 4.69) is 19.1 Å². The molecule has 1 saturated carbocycles. The molecule has 4 heteroatoms. The highest BCUT2D eigenvalue weighted by Crippen LogP contribution is 2.38. The van der Waals surface area contributed by atoms with Crippen molar-refractivity contribution in [3.8, 4) is 16.9 Å². The molecule has 0 aromatic heterocycles. The van der Waals surface area contributed by atoms with E-state index in [-0.39, 0.29) is 11.3 Å². The second-order valence-corrected chi connectivity index (χ2v) is 9.83. The summed E-state index contributed by atoms with van der Waals surface area (Å²) in [6, 6.07) is 11.2. The molecule has 0 radical (unpaired) electrons. The molecule has 0 bridgehead atoms. The second kappa shape index (κ2) is 14.5. The molecule has 1 aliphatic rings.